The third-order valence-electron chi connectivity index (χ3n) is 3.26. The van der Waals surface area contributed by atoms with Crippen LogP contribution in [0.4, 0.5) is 10.2 Å². The largest absolute Gasteiger partial charge is 0.456 e. The number of hydrogen-bond donors (Lipinski definition) is 1. The lowest BCUT2D eigenvalue weighted by molar-refractivity contribution is -0.124. The van der Waals surface area contributed by atoms with E-state index in [9.17, 15) is 9.18 Å². The molecule has 1 N–H and O–H groups in total. The Labute approximate surface area is 127 Å². The van der Waals surface area contributed by atoms with Crippen molar-refractivity contribution in [3.63, 3.8) is 0 Å². The molecule has 1 aliphatic heterocycles. The number of nitrogens with zero attached hydrogens (tertiary/aromatic N) is 1. The van der Waals surface area contributed by atoms with Crippen molar-refractivity contribution < 1.29 is 18.7 Å². The summed E-state index contributed by atoms with van der Waals surface area (Å²) in [6.45, 7) is 0.621. The minimum atomic E-state index is -0.392. The molecule has 1 unspecified atom stereocenters. The average Bonchev–Trinajstić information content (AvgIpc) is 3.06. The highest BCUT2D eigenvalue weighted by atomic mass is 19.1. The maximum atomic E-state index is 12.8. The number of carbonyl (C=O) groups excluding carboxylic acids is 1. The van der Waals surface area contributed by atoms with Crippen LogP contribution in [0.5, 0.6) is 11.5 Å². The summed E-state index contributed by atoms with van der Waals surface area (Å²) in [7, 11) is 0. The number of carbonyl (C=O) groups is 1. The number of nitrogens with one attached hydrogen (secondary N) is 1. The van der Waals surface area contributed by atoms with Gasteiger partial charge in [0, 0.05) is 6.61 Å². The molecule has 0 saturated carbocycles. The van der Waals surface area contributed by atoms with Gasteiger partial charge in [-0.2, -0.15) is 0 Å². The SMILES string of the molecule is O=C(Nc1ccc(Oc2ccc(F)cc2)cn1)C1CCCO1. The first-order valence-electron chi connectivity index (χ1n) is 7.03. The molecule has 2 aromatic rings. The van der Waals surface area contributed by atoms with E-state index in [4.69, 9.17) is 9.47 Å². The van der Waals surface area contributed by atoms with Crippen LogP contribution in [0, 0.1) is 5.82 Å². The molecule has 1 aliphatic rings. The van der Waals surface area contributed by atoms with E-state index in [0.29, 0.717) is 23.9 Å². The van der Waals surface area contributed by atoms with Gasteiger partial charge in [0.1, 0.15) is 29.2 Å². The molecule has 1 saturated heterocycles. The number of halogens is 1. The number of amides is 1. The van der Waals surface area contributed by atoms with Crippen molar-refractivity contribution in [1.82, 2.24) is 4.98 Å². The fourth-order valence-corrected chi connectivity index (χ4v) is 2.14. The van der Waals surface area contributed by atoms with E-state index < -0.39 is 6.10 Å². The first-order chi connectivity index (χ1) is 10.7. The maximum absolute atomic E-state index is 12.8. The van der Waals surface area contributed by atoms with Crippen LogP contribution in [0.15, 0.2) is 42.6 Å². The Kier molecular flexibility index (Phi) is 4.29. The van der Waals surface area contributed by atoms with Gasteiger partial charge in [0.25, 0.3) is 5.91 Å². The molecule has 1 fully saturated rings. The summed E-state index contributed by atoms with van der Waals surface area (Å²) in [6, 6.07) is 9.02. The summed E-state index contributed by atoms with van der Waals surface area (Å²) in [5.74, 6) is 0.947. The Morgan fingerprint density at radius 2 is 2.00 bits per heavy atom. The number of ether oxygens (including phenoxy) is 2. The zero-order chi connectivity index (χ0) is 15.4. The summed E-state index contributed by atoms with van der Waals surface area (Å²) >= 11 is 0. The molecule has 22 heavy (non-hydrogen) atoms. The van der Waals surface area contributed by atoms with Crippen molar-refractivity contribution >= 4 is 11.7 Å². The van der Waals surface area contributed by atoms with Crippen LogP contribution in [0.2, 0.25) is 0 Å². The van der Waals surface area contributed by atoms with Crippen molar-refractivity contribution in [1.29, 1.82) is 0 Å². The van der Waals surface area contributed by atoms with Gasteiger partial charge in [-0.25, -0.2) is 9.37 Å². The van der Waals surface area contributed by atoms with Crippen LogP contribution in [0.3, 0.4) is 0 Å². The molecule has 0 radical (unpaired) electrons. The molecule has 114 valence electrons. The van der Waals surface area contributed by atoms with Gasteiger partial charge in [0.2, 0.25) is 0 Å². The minimum Gasteiger partial charge on any atom is -0.456 e. The Morgan fingerprint density at radius 1 is 1.23 bits per heavy atom. The van der Waals surface area contributed by atoms with Crippen molar-refractivity contribution in [3.8, 4) is 11.5 Å². The normalized spacial score (nSPS) is 17.2. The molecule has 1 atom stereocenters. The van der Waals surface area contributed by atoms with Crippen molar-refractivity contribution in [2.75, 3.05) is 11.9 Å². The van der Waals surface area contributed by atoms with Gasteiger partial charge in [-0.3, -0.25) is 4.79 Å². The van der Waals surface area contributed by atoms with E-state index in [1.165, 1.54) is 30.5 Å². The predicted octanol–water partition coefficient (Wildman–Crippen LogP) is 3.13. The number of hydrogen-bond acceptors (Lipinski definition) is 4. The van der Waals surface area contributed by atoms with Gasteiger partial charge in [-0.15, -0.1) is 0 Å². The molecule has 0 aliphatic carbocycles. The van der Waals surface area contributed by atoms with Crippen molar-refractivity contribution in [2.24, 2.45) is 0 Å². The third kappa shape index (κ3) is 3.59. The van der Waals surface area contributed by atoms with Gasteiger partial charge in [-0.1, -0.05) is 0 Å². The topological polar surface area (TPSA) is 60.5 Å². The lowest BCUT2D eigenvalue weighted by atomic mass is 10.2. The van der Waals surface area contributed by atoms with Crippen LogP contribution >= 0.6 is 0 Å². The molecular formula is C16H15FN2O3. The number of benzene rings is 1. The second-order valence-electron chi connectivity index (χ2n) is 4.93. The molecule has 6 heteroatoms. The summed E-state index contributed by atoms with van der Waals surface area (Å²) in [5, 5.41) is 2.70. The number of rotatable bonds is 4. The molecule has 0 bridgehead atoms. The number of aromatic nitrogens is 1. The summed E-state index contributed by atoms with van der Waals surface area (Å²) in [5.41, 5.74) is 0. The van der Waals surface area contributed by atoms with E-state index >= 15 is 0 Å². The smallest absolute Gasteiger partial charge is 0.254 e. The van der Waals surface area contributed by atoms with E-state index in [1.807, 2.05) is 0 Å². The Bertz CT molecular complexity index is 637. The average molecular weight is 302 g/mol. The second kappa shape index (κ2) is 6.53. The van der Waals surface area contributed by atoms with E-state index in [1.54, 1.807) is 12.1 Å². The van der Waals surface area contributed by atoms with Crippen LogP contribution < -0.4 is 10.1 Å². The molecular weight excluding hydrogens is 287 g/mol. The molecule has 0 spiro atoms. The first kappa shape index (κ1) is 14.5. The molecule has 1 amide bonds. The summed E-state index contributed by atoms with van der Waals surface area (Å²) < 4.78 is 23.6. The van der Waals surface area contributed by atoms with Crippen molar-refractivity contribution in [2.45, 2.75) is 18.9 Å². The maximum Gasteiger partial charge on any atom is 0.254 e. The van der Waals surface area contributed by atoms with Crippen LogP contribution in [-0.4, -0.2) is 23.6 Å². The lowest BCUT2D eigenvalue weighted by Crippen LogP contribution is -2.27. The highest BCUT2D eigenvalue weighted by molar-refractivity contribution is 5.93. The lowest BCUT2D eigenvalue weighted by Gasteiger charge is -2.10. The zero-order valence-corrected chi connectivity index (χ0v) is 11.8. The molecule has 1 aromatic carbocycles. The standard InChI is InChI=1S/C16H15FN2O3/c17-11-3-5-12(6-4-11)22-13-7-8-15(18-10-13)19-16(20)14-2-1-9-21-14/h3-8,10,14H,1-2,9H2,(H,18,19,20). The van der Waals surface area contributed by atoms with E-state index in [0.717, 1.165) is 12.8 Å². The van der Waals surface area contributed by atoms with Gasteiger partial charge in [0.05, 0.1) is 6.20 Å². The van der Waals surface area contributed by atoms with Gasteiger partial charge in [-0.05, 0) is 49.2 Å². The Morgan fingerprint density at radius 3 is 2.64 bits per heavy atom. The molecule has 3 rings (SSSR count). The second-order valence-corrected chi connectivity index (χ2v) is 4.93. The molecule has 5 nitrogen and oxygen atoms in total. The first-order valence-corrected chi connectivity index (χ1v) is 7.03. The van der Waals surface area contributed by atoms with Crippen molar-refractivity contribution in [3.05, 3.63) is 48.4 Å². The summed E-state index contributed by atoms with van der Waals surface area (Å²) in [6.07, 6.45) is 2.74. The fourth-order valence-electron chi connectivity index (χ4n) is 2.14. The van der Waals surface area contributed by atoms with Gasteiger partial charge < -0.3 is 14.8 Å². The van der Waals surface area contributed by atoms with Gasteiger partial charge >= 0.3 is 0 Å². The Hall–Kier alpha value is -2.47. The summed E-state index contributed by atoms with van der Waals surface area (Å²) in [4.78, 5) is 16.0. The van der Waals surface area contributed by atoms with Crippen LogP contribution in [-0.2, 0) is 9.53 Å². The number of pyridine rings is 1. The van der Waals surface area contributed by atoms with Gasteiger partial charge in [0.15, 0.2) is 0 Å². The predicted molar refractivity (Wildman–Crippen MR) is 78.3 cm³/mol. The minimum absolute atomic E-state index is 0.183. The molecule has 1 aromatic heterocycles. The molecule has 2 heterocycles. The highest BCUT2D eigenvalue weighted by Crippen LogP contribution is 2.22. The van der Waals surface area contributed by atoms with Crippen LogP contribution in [0.25, 0.3) is 0 Å². The Balaban J connectivity index is 1.60. The number of anilines is 1. The van der Waals surface area contributed by atoms with E-state index in [2.05, 4.69) is 10.3 Å². The third-order valence-corrected chi connectivity index (χ3v) is 3.26. The fraction of sp³-hybridized carbons (Fsp3) is 0.250. The van der Waals surface area contributed by atoms with Crippen LogP contribution in [0.1, 0.15) is 12.8 Å². The quantitative estimate of drug-likeness (QED) is 0.942. The monoisotopic (exact) mass is 302 g/mol. The zero-order valence-electron chi connectivity index (χ0n) is 11.8. The highest BCUT2D eigenvalue weighted by Gasteiger charge is 2.23. The van der Waals surface area contributed by atoms with E-state index in [-0.39, 0.29) is 11.7 Å².